The van der Waals surface area contributed by atoms with Crippen LogP contribution in [0.25, 0.3) is 0 Å². The lowest BCUT2D eigenvalue weighted by Crippen LogP contribution is -2.34. The minimum absolute atomic E-state index is 0.104. The van der Waals surface area contributed by atoms with Gasteiger partial charge in [-0.05, 0) is 24.7 Å². The Balaban J connectivity index is 2.15. The van der Waals surface area contributed by atoms with Crippen LogP contribution in [-0.2, 0) is 0 Å². The van der Waals surface area contributed by atoms with Gasteiger partial charge in [-0.25, -0.2) is 0 Å². The molecule has 0 bridgehead atoms. The maximum Gasteiger partial charge on any atom is 0.143 e. The van der Waals surface area contributed by atoms with E-state index < -0.39 is 0 Å². The van der Waals surface area contributed by atoms with Crippen LogP contribution in [-0.4, -0.2) is 24.1 Å². The van der Waals surface area contributed by atoms with Gasteiger partial charge in [-0.1, -0.05) is 19.0 Å². The van der Waals surface area contributed by atoms with Crippen molar-refractivity contribution in [3.63, 3.8) is 0 Å². The second kappa shape index (κ2) is 4.64. The third-order valence-corrected chi connectivity index (χ3v) is 3.28. The van der Waals surface area contributed by atoms with Crippen LogP contribution in [0.15, 0.2) is 5.16 Å². The fraction of sp³-hybridized carbons (Fsp3) is 0.900. The van der Waals surface area contributed by atoms with Crippen molar-refractivity contribution in [2.75, 3.05) is 13.1 Å². The molecular formula is C10H21N3O. The van der Waals surface area contributed by atoms with Gasteiger partial charge in [0.25, 0.3) is 0 Å². The number of nitrogens with one attached hydrogen (secondary N) is 1. The summed E-state index contributed by atoms with van der Waals surface area (Å²) >= 11 is 0. The molecule has 0 heterocycles. The van der Waals surface area contributed by atoms with Gasteiger partial charge >= 0.3 is 0 Å². The Morgan fingerprint density at radius 2 is 2.29 bits per heavy atom. The van der Waals surface area contributed by atoms with Gasteiger partial charge in [-0.15, -0.1) is 0 Å². The summed E-state index contributed by atoms with van der Waals surface area (Å²) in [6.07, 6.45) is 3.93. The molecular weight excluding hydrogens is 178 g/mol. The van der Waals surface area contributed by atoms with Gasteiger partial charge in [0, 0.05) is 19.0 Å². The van der Waals surface area contributed by atoms with Crippen LogP contribution in [0, 0.1) is 11.3 Å². The average molecular weight is 199 g/mol. The van der Waals surface area contributed by atoms with Gasteiger partial charge in [0.1, 0.15) is 5.84 Å². The number of hydrogen-bond donors (Lipinski definition) is 3. The molecule has 1 aliphatic rings. The number of rotatable bonds is 6. The molecule has 4 nitrogen and oxygen atoms in total. The SMILES string of the molecule is CCC1(CNCC(C)C(N)=NO)CC1. The van der Waals surface area contributed by atoms with Crippen LogP contribution in [0.3, 0.4) is 0 Å². The van der Waals surface area contributed by atoms with Gasteiger partial charge in [0.2, 0.25) is 0 Å². The quantitative estimate of drug-likeness (QED) is 0.260. The van der Waals surface area contributed by atoms with Crippen molar-refractivity contribution in [2.24, 2.45) is 22.2 Å². The normalized spacial score (nSPS) is 22.0. The van der Waals surface area contributed by atoms with Crippen LogP contribution in [0.1, 0.15) is 33.1 Å². The summed E-state index contributed by atoms with van der Waals surface area (Å²) in [4.78, 5) is 0. The predicted octanol–water partition coefficient (Wildman–Crippen LogP) is 1.15. The molecule has 82 valence electrons. The molecule has 0 spiro atoms. The molecule has 4 N–H and O–H groups in total. The summed E-state index contributed by atoms with van der Waals surface area (Å²) in [5, 5.41) is 14.8. The van der Waals surface area contributed by atoms with Crippen LogP contribution in [0.5, 0.6) is 0 Å². The number of nitrogens with two attached hydrogens (primary N) is 1. The summed E-state index contributed by atoms with van der Waals surface area (Å²) in [5.74, 6) is 0.409. The summed E-state index contributed by atoms with van der Waals surface area (Å²) in [5.41, 5.74) is 6.03. The van der Waals surface area contributed by atoms with E-state index in [1.54, 1.807) is 0 Å². The molecule has 0 aromatic heterocycles. The molecule has 1 aliphatic carbocycles. The fourth-order valence-electron chi connectivity index (χ4n) is 1.59. The predicted molar refractivity (Wildman–Crippen MR) is 57.4 cm³/mol. The Morgan fingerprint density at radius 3 is 2.71 bits per heavy atom. The Kier molecular flexibility index (Phi) is 3.75. The Hall–Kier alpha value is -0.770. The molecule has 14 heavy (non-hydrogen) atoms. The number of amidine groups is 1. The second-order valence-corrected chi connectivity index (χ2v) is 4.41. The molecule has 0 saturated heterocycles. The zero-order valence-electron chi connectivity index (χ0n) is 9.08. The maximum atomic E-state index is 8.46. The first-order valence-corrected chi connectivity index (χ1v) is 5.31. The van der Waals surface area contributed by atoms with E-state index in [0.29, 0.717) is 11.3 Å². The van der Waals surface area contributed by atoms with Crippen molar-refractivity contribution < 1.29 is 5.21 Å². The van der Waals surface area contributed by atoms with Crippen LogP contribution >= 0.6 is 0 Å². The van der Waals surface area contributed by atoms with Gasteiger partial charge in [-0.2, -0.15) is 0 Å². The molecule has 1 unspecified atom stereocenters. The van der Waals surface area contributed by atoms with Crippen molar-refractivity contribution in [1.82, 2.24) is 5.32 Å². The van der Waals surface area contributed by atoms with E-state index >= 15 is 0 Å². The molecule has 4 heteroatoms. The first-order valence-electron chi connectivity index (χ1n) is 5.31. The van der Waals surface area contributed by atoms with Crippen LogP contribution in [0.4, 0.5) is 0 Å². The van der Waals surface area contributed by atoms with E-state index in [9.17, 15) is 0 Å². The van der Waals surface area contributed by atoms with Crippen LogP contribution in [0.2, 0.25) is 0 Å². The minimum Gasteiger partial charge on any atom is -0.409 e. The summed E-state index contributed by atoms with van der Waals surface area (Å²) in [6, 6.07) is 0. The maximum absolute atomic E-state index is 8.46. The second-order valence-electron chi connectivity index (χ2n) is 4.41. The average Bonchev–Trinajstić information content (AvgIpc) is 2.97. The Morgan fingerprint density at radius 1 is 1.64 bits per heavy atom. The fourth-order valence-corrected chi connectivity index (χ4v) is 1.59. The molecule has 1 atom stereocenters. The van der Waals surface area contributed by atoms with E-state index in [2.05, 4.69) is 17.4 Å². The van der Waals surface area contributed by atoms with Crippen molar-refractivity contribution in [3.8, 4) is 0 Å². The highest BCUT2D eigenvalue weighted by Gasteiger charge is 2.39. The molecule has 1 fully saturated rings. The number of nitrogens with zero attached hydrogens (tertiary/aromatic N) is 1. The van der Waals surface area contributed by atoms with Crippen molar-refractivity contribution >= 4 is 5.84 Å². The lowest BCUT2D eigenvalue weighted by atomic mass is 10.0. The van der Waals surface area contributed by atoms with Gasteiger partial charge in [-0.3, -0.25) is 0 Å². The van der Waals surface area contributed by atoms with Crippen molar-refractivity contribution in [3.05, 3.63) is 0 Å². The molecule has 0 aromatic carbocycles. The highest BCUT2D eigenvalue weighted by Crippen LogP contribution is 2.47. The van der Waals surface area contributed by atoms with E-state index in [-0.39, 0.29) is 5.92 Å². The Bertz CT molecular complexity index is 211. The summed E-state index contributed by atoms with van der Waals surface area (Å²) < 4.78 is 0. The number of oxime groups is 1. The first-order chi connectivity index (χ1) is 6.63. The number of hydrogen-bond acceptors (Lipinski definition) is 3. The van der Waals surface area contributed by atoms with E-state index in [1.165, 1.54) is 19.3 Å². The Labute approximate surface area is 85.6 Å². The smallest absolute Gasteiger partial charge is 0.143 e. The zero-order chi connectivity index (χ0) is 10.6. The van der Waals surface area contributed by atoms with Gasteiger partial charge < -0.3 is 16.3 Å². The van der Waals surface area contributed by atoms with E-state index in [4.69, 9.17) is 10.9 Å². The molecule has 0 aromatic rings. The topological polar surface area (TPSA) is 70.6 Å². The summed E-state index contributed by atoms with van der Waals surface area (Å²) in [7, 11) is 0. The van der Waals surface area contributed by atoms with Gasteiger partial charge in [0.05, 0.1) is 0 Å². The zero-order valence-corrected chi connectivity index (χ0v) is 9.08. The van der Waals surface area contributed by atoms with E-state index in [1.807, 2.05) is 6.92 Å². The largest absolute Gasteiger partial charge is 0.409 e. The molecule has 0 aliphatic heterocycles. The standard InChI is InChI=1S/C10H21N3O/c1-3-10(4-5-10)7-12-6-8(2)9(11)13-14/h8,12,14H,3-7H2,1-2H3,(H2,11,13). The lowest BCUT2D eigenvalue weighted by molar-refractivity contribution is 0.313. The van der Waals surface area contributed by atoms with Gasteiger partial charge in [0.15, 0.2) is 0 Å². The lowest BCUT2D eigenvalue weighted by Gasteiger charge is -2.16. The molecule has 0 radical (unpaired) electrons. The third kappa shape index (κ3) is 2.87. The summed E-state index contributed by atoms with van der Waals surface area (Å²) in [6.45, 7) is 6.04. The molecule has 1 rings (SSSR count). The molecule has 0 amide bonds. The third-order valence-electron chi connectivity index (χ3n) is 3.28. The highest BCUT2D eigenvalue weighted by atomic mass is 16.4. The van der Waals surface area contributed by atoms with Crippen molar-refractivity contribution in [1.29, 1.82) is 0 Å². The first kappa shape index (κ1) is 11.3. The van der Waals surface area contributed by atoms with E-state index in [0.717, 1.165) is 13.1 Å². The van der Waals surface area contributed by atoms with Crippen LogP contribution < -0.4 is 11.1 Å². The highest BCUT2D eigenvalue weighted by molar-refractivity contribution is 5.82. The molecule has 1 saturated carbocycles. The van der Waals surface area contributed by atoms with Crippen molar-refractivity contribution in [2.45, 2.75) is 33.1 Å². The minimum atomic E-state index is 0.104. The monoisotopic (exact) mass is 199 g/mol.